The molecule has 0 aliphatic carbocycles. The molecule has 2 nitrogen and oxygen atoms in total. The van der Waals surface area contributed by atoms with Gasteiger partial charge in [-0.1, -0.05) is 170 Å². The Hall–Kier alpha value is -7.94. The molecule has 1 heterocycles. The van der Waals surface area contributed by atoms with E-state index in [4.69, 9.17) is 0 Å². The summed E-state index contributed by atoms with van der Waals surface area (Å²) in [6.45, 7) is 6.42. The van der Waals surface area contributed by atoms with Crippen molar-refractivity contribution in [2.75, 3.05) is 4.90 Å². The van der Waals surface area contributed by atoms with Gasteiger partial charge in [-0.3, -0.25) is 0 Å². The van der Waals surface area contributed by atoms with Gasteiger partial charge in [-0.05, 0) is 128 Å². The van der Waals surface area contributed by atoms with E-state index in [1.807, 2.05) is 6.08 Å². The Morgan fingerprint density at radius 1 is 0.459 bits per heavy atom. The SMILES string of the molecule is C=Cc1cc(-c2cccc(N(c3ccc(-c4cccc5ccccc45)cc3)c3ccc4c(ccc5ccccc54)c3)c2)c2c3ccccc3n(-c3ccccc3)c2c1/C=C\C. The molecule has 0 N–H and O–H groups in total. The van der Waals surface area contributed by atoms with E-state index < -0.39 is 0 Å². The van der Waals surface area contributed by atoms with Crippen LogP contribution in [0.25, 0.3) is 94.2 Å². The Balaban J connectivity index is 1.13. The molecule has 0 amide bonds. The normalized spacial score (nSPS) is 11.7. The standard InChI is InChI=1S/C59H42N2/c1-3-16-54-40(4-2)39-56(58-55-26-12-13-28-57(55)61(59(54)58)46-21-6-5-7-22-46)44-20-14-23-48(37-44)60(49-35-36-53-45(38-49)30-29-42-18-9-11-25-51(42)53)47-33-31-43(32-34-47)52-27-15-19-41-17-8-10-24-50(41)52/h3-39H,2H2,1H3/b16-3-. The highest BCUT2D eigenvalue weighted by Gasteiger charge is 2.22. The third-order valence-corrected chi connectivity index (χ3v) is 12.2. The topological polar surface area (TPSA) is 8.17 Å². The van der Waals surface area contributed by atoms with Crippen molar-refractivity contribution in [3.63, 3.8) is 0 Å². The molecule has 0 saturated heterocycles. The first-order valence-corrected chi connectivity index (χ1v) is 21.0. The first-order valence-electron chi connectivity index (χ1n) is 21.0. The smallest absolute Gasteiger partial charge is 0.0625 e. The second-order valence-corrected chi connectivity index (χ2v) is 15.7. The molecule has 61 heavy (non-hydrogen) atoms. The number of anilines is 3. The van der Waals surface area contributed by atoms with E-state index in [2.05, 4.69) is 241 Å². The molecule has 10 aromatic carbocycles. The lowest BCUT2D eigenvalue weighted by atomic mass is 9.92. The van der Waals surface area contributed by atoms with Crippen molar-refractivity contribution in [3.8, 4) is 27.9 Å². The molecule has 0 spiro atoms. The number of aromatic nitrogens is 1. The van der Waals surface area contributed by atoms with Gasteiger partial charge in [-0.15, -0.1) is 0 Å². The summed E-state index contributed by atoms with van der Waals surface area (Å²) in [7, 11) is 0. The van der Waals surface area contributed by atoms with E-state index in [0.29, 0.717) is 0 Å². The lowest BCUT2D eigenvalue weighted by Crippen LogP contribution is -2.10. The van der Waals surface area contributed by atoms with Crippen molar-refractivity contribution in [2.24, 2.45) is 0 Å². The highest BCUT2D eigenvalue weighted by molar-refractivity contribution is 6.19. The predicted octanol–water partition coefficient (Wildman–Crippen LogP) is 16.7. The number of hydrogen-bond acceptors (Lipinski definition) is 1. The maximum absolute atomic E-state index is 4.33. The zero-order valence-corrected chi connectivity index (χ0v) is 34.0. The van der Waals surface area contributed by atoms with Crippen LogP contribution in [0.1, 0.15) is 18.1 Å². The van der Waals surface area contributed by atoms with E-state index in [9.17, 15) is 0 Å². The summed E-state index contributed by atoms with van der Waals surface area (Å²) in [5.41, 5.74) is 13.7. The highest BCUT2D eigenvalue weighted by Crippen LogP contribution is 2.45. The number of benzene rings is 10. The summed E-state index contributed by atoms with van der Waals surface area (Å²) in [6.07, 6.45) is 6.35. The van der Waals surface area contributed by atoms with Crippen LogP contribution in [0.4, 0.5) is 17.1 Å². The van der Waals surface area contributed by atoms with Gasteiger partial charge in [-0.2, -0.15) is 0 Å². The molecule has 0 radical (unpaired) electrons. The van der Waals surface area contributed by atoms with Gasteiger partial charge in [-0.25, -0.2) is 0 Å². The Morgan fingerprint density at radius 2 is 1.10 bits per heavy atom. The molecule has 11 rings (SSSR count). The molecule has 11 aromatic rings. The first-order chi connectivity index (χ1) is 30.2. The van der Waals surface area contributed by atoms with Crippen LogP contribution >= 0.6 is 0 Å². The summed E-state index contributed by atoms with van der Waals surface area (Å²) >= 11 is 0. The van der Waals surface area contributed by atoms with Gasteiger partial charge in [0, 0.05) is 39.1 Å². The molecular formula is C59H42N2. The van der Waals surface area contributed by atoms with E-state index in [-0.39, 0.29) is 0 Å². The van der Waals surface area contributed by atoms with Crippen LogP contribution in [0.15, 0.2) is 219 Å². The Kier molecular flexibility index (Phi) is 8.90. The molecule has 0 atom stereocenters. The number of hydrogen-bond donors (Lipinski definition) is 0. The summed E-state index contributed by atoms with van der Waals surface area (Å²) in [4.78, 5) is 2.40. The minimum absolute atomic E-state index is 1.08. The van der Waals surface area contributed by atoms with Crippen molar-refractivity contribution in [1.82, 2.24) is 4.57 Å². The van der Waals surface area contributed by atoms with Gasteiger partial charge in [0.2, 0.25) is 0 Å². The molecule has 0 unspecified atom stereocenters. The van der Waals surface area contributed by atoms with E-state index >= 15 is 0 Å². The Morgan fingerprint density at radius 3 is 1.90 bits per heavy atom. The van der Waals surface area contributed by atoms with Crippen molar-refractivity contribution in [1.29, 1.82) is 0 Å². The fourth-order valence-corrected chi connectivity index (χ4v) is 9.46. The van der Waals surface area contributed by atoms with Crippen molar-refractivity contribution < 1.29 is 0 Å². The Labute approximate surface area is 356 Å². The van der Waals surface area contributed by atoms with Crippen LogP contribution in [0.3, 0.4) is 0 Å². The van der Waals surface area contributed by atoms with Crippen molar-refractivity contribution >= 4 is 83.3 Å². The fourth-order valence-electron chi connectivity index (χ4n) is 9.46. The highest BCUT2D eigenvalue weighted by atomic mass is 15.1. The summed E-state index contributed by atoms with van der Waals surface area (Å²) in [5.74, 6) is 0. The minimum atomic E-state index is 1.08. The average Bonchev–Trinajstić information content (AvgIpc) is 3.67. The van der Waals surface area contributed by atoms with Crippen molar-refractivity contribution in [2.45, 2.75) is 6.92 Å². The lowest BCUT2D eigenvalue weighted by Gasteiger charge is -2.27. The number of para-hydroxylation sites is 2. The maximum Gasteiger partial charge on any atom is 0.0625 e. The maximum atomic E-state index is 4.33. The van der Waals surface area contributed by atoms with Gasteiger partial charge in [0.25, 0.3) is 0 Å². The van der Waals surface area contributed by atoms with Gasteiger partial charge in [0.15, 0.2) is 0 Å². The second kappa shape index (κ2) is 15.0. The molecule has 0 aliphatic heterocycles. The van der Waals surface area contributed by atoms with Crippen LogP contribution in [-0.4, -0.2) is 4.57 Å². The van der Waals surface area contributed by atoms with Crippen LogP contribution in [0.2, 0.25) is 0 Å². The first kappa shape index (κ1) is 36.2. The molecule has 0 fully saturated rings. The van der Waals surface area contributed by atoms with E-state index in [0.717, 1.165) is 39.4 Å². The fraction of sp³-hybridized carbons (Fsp3) is 0.0169. The number of fused-ring (bicyclic) bond motifs is 7. The van der Waals surface area contributed by atoms with Crippen molar-refractivity contribution in [3.05, 3.63) is 230 Å². The molecule has 0 saturated carbocycles. The quantitative estimate of drug-likeness (QED) is 0.140. The van der Waals surface area contributed by atoms with Crippen LogP contribution < -0.4 is 4.90 Å². The molecule has 288 valence electrons. The second-order valence-electron chi connectivity index (χ2n) is 15.7. The minimum Gasteiger partial charge on any atom is -0.310 e. The largest absolute Gasteiger partial charge is 0.310 e. The number of rotatable bonds is 8. The number of allylic oxidation sites excluding steroid dienone is 1. The predicted molar refractivity (Wildman–Crippen MR) is 264 cm³/mol. The van der Waals surface area contributed by atoms with E-state index in [1.165, 1.54) is 70.8 Å². The lowest BCUT2D eigenvalue weighted by molar-refractivity contribution is 1.18. The summed E-state index contributed by atoms with van der Waals surface area (Å²) in [6, 6.07) is 75.1. The molecular weight excluding hydrogens is 737 g/mol. The third-order valence-electron chi connectivity index (χ3n) is 12.2. The van der Waals surface area contributed by atoms with Crippen LogP contribution in [0, 0.1) is 0 Å². The van der Waals surface area contributed by atoms with Gasteiger partial charge >= 0.3 is 0 Å². The molecule has 2 heteroatoms. The third kappa shape index (κ3) is 6.12. The van der Waals surface area contributed by atoms with E-state index in [1.54, 1.807) is 0 Å². The molecule has 1 aromatic heterocycles. The zero-order chi connectivity index (χ0) is 40.9. The monoisotopic (exact) mass is 778 g/mol. The average molecular weight is 779 g/mol. The molecule has 0 bridgehead atoms. The summed E-state index contributed by atoms with van der Waals surface area (Å²) < 4.78 is 2.42. The van der Waals surface area contributed by atoms with Gasteiger partial charge in [0.05, 0.1) is 11.0 Å². The van der Waals surface area contributed by atoms with Crippen LogP contribution in [-0.2, 0) is 0 Å². The van der Waals surface area contributed by atoms with Gasteiger partial charge in [0.1, 0.15) is 0 Å². The van der Waals surface area contributed by atoms with Crippen LogP contribution in [0.5, 0.6) is 0 Å². The number of nitrogens with zero attached hydrogens (tertiary/aromatic N) is 2. The van der Waals surface area contributed by atoms with Gasteiger partial charge < -0.3 is 9.47 Å². The zero-order valence-electron chi connectivity index (χ0n) is 34.0. The molecule has 0 aliphatic rings. The summed E-state index contributed by atoms with van der Waals surface area (Å²) in [5, 5.41) is 9.89. The Bertz CT molecular complexity index is 3490.